The summed E-state index contributed by atoms with van der Waals surface area (Å²) >= 11 is 1.67. The van der Waals surface area contributed by atoms with E-state index in [4.69, 9.17) is 19.4 Å². The average Bonchev–Trinajstić information content (AvgIpc) is 3.33. The van der Waals surface area contributed by atoms with E-state index in [-0.39, 0.29) is 0 Å². The molecule has 0 bridgehead atoms. The van der Waals surface area contributed by atoms with Crippen LogP contribution in [0.4, 0.5) is 0 Å². The lowest BCUT2D eigenvalue weighted by atomic mass is 10.1. The van der Waals surface area contributed by atoms with Crippen LogP contribution in [0.5, 0.6) is 17.4 Å². The number of aromatic nitrogens is 2. The van der Waals surface area contributed by atoms with Gasteiger partial charge in [0.25, 0.3) is 0 Å². The van der Waals surface area contributed by atoms with Crippen molar-refractivity contribution in [1.29, 1.82) is 0 Å². The topological polar surface area (TPSA) is 44.2 Å². The predicted octanol–water partition coefficient (Wildman–Crippen LogP) is 7.88. The van der Waals surface area contributed by atoms with Gasteiger partial charge >= 0.3 is 0 Å². The zero-order valence-electron chi connectivity index (χ0n) is 18.2. The lowest BCUT2D eigenvalue weighted by Crippen LogP contribution is -1.95. The molecule has 0 atom stereocenters. The van der Waals surface area contributed by atoms with Gasteiger partial charge in [0, 0.05) is 17.0 Å². The summed E-state index contributed by atoms with van der Waals surface area (Å²) in [5.74, 6) is 2.02. The highest BCUT2D eigenvalue weighted by Crippen LogP contribution is 2.37. The zero-order chi connectivity index (χ0) is 22.7. The maximum absolute atomic E-state index is 6.15. The van der Waals surface area contributed by atoms with E-state index in [0.717, 1.165) is 43.0 Å². The molecule has 0 spiro atoms. The van der Waals surface area contributed by atoms with Crippen LogP contribution in [0.1, 0.15) is 5.56 Å². The molecular weight excluding hydrogens is 440 g/mol. The van der Waals surface area contributed by atoms with E-state index in [1.807, 2.05) is 97.1 Å². The summed E-state index contributed by atoms with van der Waals surface area (Å²) in [7, 11) is 0. The fraction of sp³-hybridized carbons (Fsp3) is 0.0345. The molecule has 0 amide bonds. The van der Waals surface area contributed by atoms with Gasteiger partial charge in [0.1, 0.15) is 23.1 Å². The lowest BCUT2D eigenvalue weighted by Gasteiger charge is -2.10. The van der Waals surface area contributed by atoms with Crippen molar-refractivity contribution < 1.29 is 9.47 Å². The monoisotopic (exact) mass is 460 g/mol. The molecule has 5 heteroatoms. The van der Waals surface area contributed by atoms with Crippen LogP contribution in [0.3, 0.4) is 0 Å². The second-order valence-corrected chi connectivity index (χ2v) is 8.89. The minimum atomic E-state index is 0.527. The van der Waals surface area contributed by atoms with Gasteiger partial charge in [-0.3, -0.25) is 0 Å². The number of nitrogens with zero attached hydrogens (tertiary/aromatic N) is 2. The van der Waals surface area contributed by atoms with Crippen LogP contribution in [-0.4, -0.2) is 9.97 Å². The van der Waals surface area contributed by atoms with Crippen LogP contribution in [0.25, 0.3) is 31.7 Å². The number of ether oxygens (including phenoxy) is 2. The molecule has 2 aromatic heterocycles. The summed E-state index contributed by atoms with van der Waals surface area (Å²) in [5, 5.41) is 2.01. The van der Waals surface area contributed by atoms with Gasteiger partial charge in [-0.05, 0) is 48.0 Å². The molecule has 0 unspecified atom stereocenters. The highest BCUT2D eigenvalue weighted by atomic mass is 32.1. The first-order chi connectivity index (χ1) is 16.8. The normalized spacial score (nSPS) is 11.1. The van der Waals surface area contributed by atoms with E-state index in [9.17, 15) is 0 Å². The summed E-state index contributed by atoms with van der Waals surface area (Å²) in [6.07, 6.45) is 0. The van der Waals surface area contributed by atoms with Gasteiger partial charge in [0.15, 0.2) is 0 Å². The SMILES string of the molecule is c1ccc(COc2ccc(Oc3cc(-c4nc5ccccc5s4)c4ccccc4n3)cc2)cc1. The number of hydrogen-bond acceptors (Lipinski definition) is 5. The van der Waals surface area contributed by atoms with E-state index in [2.05, 4.69) is 12.1 Å². The number of hydrogen-bond donors (Lipinski definition) is 0. The van der Waals surface area contributed by atoms with Crippen LogP contribution in [0, 0.1) is 0 Å². The van der Waals surface area contributed by atoms with Gasteiger partial charge in [-0.25, -0.2) is 9.97 Å². The molecule has 34 heavy (non-hydrogen) atoms. The van der Waals surface area contributed by atoms with Crippen molar-refractivity contribution in [3.8, 4) is 28.0 Å². The highest BCUT2D eigenvalue weighted by Gasteiger charge is 2.13. The number of rotatable bonds is 6. The Balaban J connectivity index is 1.28. The van der Waals surface area contributed by atoms with E-state index in [0.29, 0.717) is 18.2 Å². The van der Waals surface area contributed by atoms with Gasteiger partial charge < -0.3 is 9.47 Å². The van der Waals surface area contributed by atoms with Gasteiger partial charge in [-0.1, -0.05) is 60.7 Å². The van der Waals surface area contributed by atoms with Crippen LogP contribution >= 0.6 is 11.3 Å². The second kappa shape index (κ2) is 8.96. The molecule has 4 aromatic carbocycles. The Labute approximate surface area is 201 Å². The zero-order valence-corrected chi connectivity index (χ0v) is 19.0. The third kappa shape index (κ3) is 4.21. The maximum atomic E-state index is 6.15. The molecule has 6 aromatic rings. The summed E-state index contributed by atoms with van der Waals surface area (Å²) in [6.45, 7) is 0.527. The molecule has 0 saturated heterocycles. The Kier molecular flexibility index (Phi) is 5.38. The van der Waals surface area contributed by atoms with Crippen LogP contribution in [0.2, 0.25) is 0 Å². The number of benzene rings is 4. The van der Waals surface area contributed by atoms with Crippen LogP contribution in [0.15, 0.2) is 109 Å². The van der Waals surface area contributed by atoms with Crippen molar-refractivity contribution in [2.45, 2.75) is 6.61 Å². The minimum Gasteiger partial charge on any atom is -0.489 e. The lowest BCUT2D eigenvalue weighted by molar-refractivity contribution is 0.305. The third-order valence-electron chi connectivity index (χ3n) is 5.51. The first kappa shape index (κ1) is 20.4. The molecule has 4 nitrogen and oxygen atoms in total. The average molecular weight is 461 g/mol. The molecule has 0 aliphatic rings. The van der Waals surface area contributed by atoms with E-state index >= 15 is 0 Å². The largest absolute Gasteiger partial charge is 0.489 e. The summed E-state index contributed by atoms with van der Waals surface area (Å²) in [5.41, 5.74) is 4.02. The van der Waals surface area contributed by atoms with Gasteiger partial charge in [0.05, 0.1) is 15.7 Å². The molecule has 0 radical (unpaired) electrons. The summed E-state index contributed by atoms with van der Waals surface area (Å²) < 4.78 is 13.2. The third-order valence-corrected chi connectivity index (χ3v) is 6.58. The summed E-state index contributed by atoms with van der Waals surface area (Å²) in [4.78, 5) is 9.59. The minimum absolute atomic E-state index is 0.527. The molecule has 0 N–H and O–H groups in total. The van der Waals surface area contributed by atoms with Crippen molar-refractivity contribution in [2.24, 2.45) is 0 Å². The second-order valence-electron chi connectivity index (χ2n) is 7.86. The van der Waals surface area contributed by atoms with Gasteiger partial charge in [0.2, 0.25) is 5.88 Å². The fourth-order valence-electron chi connectivity index (χ4n) is 3.83. The predicted molar refractivity (Wildman–Crippen MR) is 138 cm³/mol. The summed E-state index contributed by atoms with van der Waals surface area (Å²) in [6, 6.07) is 36.0. The Morgan fingerprint density at radius 1 is 0.647 bits per heavy atom. The Bertz CT molecular complexity index is 1540. The van der Waals surface area contributed by atoms with Crippen molar-refractivity contribution in [3.05, 3.63) is 115 Å². The van der Waals surface area contributed by atoms with Crippen molar-refractivity contribution in [1.82, 2.24) is 9.97 Å². The van der Waals surface area contributed by atoms with Crippen molar-refractivity contribution >= 4 is 32.5 Å². The number of para-hydroxylation sites is 2. The van der Waals surface area contributed by atoms with Crippen molar-refractivity contribution in [2.75, 3.05) is 0 Å². The van der Waals surface area contributed by atoms with E-state index in [1.54, 1.807) is 11.3 Å². The van der Waals surface area contributed by atoms with Crippen molar-refractivity contribution in [3.63, 3.8) is 0 Å². The molecule has 0 aliphatic heterocycles. The van der Waals surface area contributed by atoms with E-state index in [1.165, 1.54) is 0 Å². The number of pyridine rings is 1. The number of thiazole rings is 1. The molecule has 6 rings (SSSR count). The molecule has 0 fully saturated rings. The molecule has 0 aliphatic carbocycles. The number of fused-ring (bicyclic) bond motifs is 2. The van der Waals surface area contributed by atoms with Crippen LogP contribution in [-0.2, 0) is 6.61 Å². The Morgan fingerprint density at radius 2 is 1.35 bits per heavy atom. The quantitative estimate of drug-likeness (QED) is 0.254. The molecular formula is C29H20N2O2S. The van der Waals surface area contributed by atoms with E-state index < -0.39 is 0 Å². The smallest absolute Gasteiger partial charge is 0.220 e. The highest BCUT2D eigenvalue weighted by molar-refractivity contribution is 7.21. The Hall–Kier alpha value is -4.22. The van der Waals surface area contributed by atoms with Gasteiger partial charge in [-0.15, -0.1) is 11.3 Å². The first-order valence-electron chi connectivity index (χ1n) is 11.0. The fourth-order valence-corrected chi connectivity index (χ4v) is 4.83. The van der Waals surface area contributed by atoms with Crippen LogP contribution < -0.4 is 9.47 Å². The maximum Gasteiger partial charge on any atom is 0.220 e. The molecule has 164 valence electrons. The Morgan fingerprint density at radius 3 is 2.18 bits per heavy atom. The molecule has 0 saturated carbocycles. The first-order valence-corrected chi connectivity index (χ1v) is 11.8. The van der Waals surface area contributed by atoms with Gasteiger partial charge in [-0.2, -0.15) is 0 Å². The molecule has 2 heterocycles. The standard InChI is InChI=1S/C29H20N2O2S/c1-2-8-20(9-3-1)19-32-21-14-16-22(17-15-21)33-28-18-24(23-10-4-5-11-25(23)30-28)29-31-26-12-6-7-13-27(26)34-29/h1-18H,19H2.